The molecule has 2 amide bonds. The van der Waals surface area contributed by atoms with Crippen LogP contribution in [0.2, 0.25) is 0 Å². The van der Waals surface area contributed by atoms with Crippen molar-refractivity contribution in [2.45, 2.75) is 63.8 Å². The van der Waals surface area contributed by atoms with E-state index in [0.29, 0.717) is 35.1 Å². The predicted octanol–water partition coefficient (Wildman–Crippen LogP) is 3.44. The lowest BCUT2D eigenvalue weighted by Crippen LogP contribution is -2.53. The number of ether oxygens (including phenoxy) is 4. The number of carbonyl (C=O) groups is 4. The van der Waals surface area contributed by atoms with Crippen LogP contribution in [0.5, 0.6) is 11.5 Å². The Bertz CT molecular complexity index is 1340. The smallest absolute Gasteiger partial charge is 0.411 e. The molecule has 0 spiro atoms. The summed E-state index contributed by atoms with van der Waals surface area (Å²) in [5.41, 5.74) is -1.36. The summed E-state index contributed by atoms with van der Waals surface area (Å²) in [5, 5.41) is 3.46. The molecule has 1 N–H and O–H groups in total. The van der Waals surface area contributed by atoms with Gasteiger partial charge in [0.25, 0.3) is 0 Å². The maximum absolute atomic E-state index is 13.6. The number of rotatable bonds is 9. The lowest BCUT2D eigenvalue weighted by atomic mass is 10.1. The number of methoxy groups -OCH3 is 1. The summed E-state index contributed by atoms with van der Waals surface area (Å²) >= 11 is 0. The summed E-state index contributed by atoms with van der Waals surface area (Å²) in [6.45, 7) is 10.9. The molecule has 0 unspecified atom stereocenters. The topological polar surface area (TPSA) is 133 Å². The van der Waals surface area contributed by atoms with Gasteiger partial charge in [-0.1, -0.05) is 6.08 Å². The van der Waals surface area contributed by atoms with Gasteiger partial charge in [0.15, 0.2) is 6.29 Å². The summed E-state index contributed by atoms with van der Waals surface area (Å²) in [6.07, 6.45) is 1.41. The zero-order valence-electron chi connectivity index (χ0n) is 23.4. The first-order valence-corrected chi connectivity index (χ1v) is 13.2. The standard InChI is InChI=1S/C29H35N3O8/c1-7-17-14-29(17,26(35)38-8-2)31-25(34)23-13-20(15-32(23)27(36)40-28(3,4)5)39-24-11-18(16-33)30-22-12-19(37-6)9-10-21(22)24/h7,9-12,16-17,20,23H,1,8,13-15H2,2-6H3,(H,31,34)/t17-,20+,23-,29-/m0/s1. The minimum absolute atomic E-state index is 0.0423. The Hall–Kier alpha value is -4.15. The Morgan fingerprint density at radius 2 is 2.00 bits per heavy atom. The van der Waals surface area contributed by atoms with Crippen LogP contribution in [-0.4, -0.2) is 77.7 Å². The van der Waals surface area contributed by atoms with E-state index in [1.54, 1.807) is 52.0 Å². The van der Waals surface area contributed by atoms with Gasteiger partial charge in [-0.25, -0.2) is 14.6 Å². The van der Waals surface area contributed by atoms with Crippen molar-refractivity contribution in [1.29, 1.82) is 0 Å². The van der Waals surface area contributed by atoms with Crippen molar-refractivity contribution in [2.24, 2.45) is 5.92 Å². The molecule has 1 aromatic heterocycles. The maximum atomic E-state index is 13.6. The first kappa shape index (κ1) is 28.8. The van der Waals surface area contributed by atoms with Crippen molar-refractivity contribution in [1.82, 2.24) is 15.2 Å². The number of nitrogens with zero attached hydrogens (tertiary/aromatic N) is 2. The number of nitrogens with one attached hydrogen (secondary N) is 1. The number of fused-ring (bicyclic) bond motifs is 1. The molecule has 1 aromatic carbocycles. The normalized spacial score (nSPS) is 23.7. The monoisotopic (exact) mass is 553 g/mol. The number of amides is 2. The quantitative estimate of drug-likeness (QED) is 0.282. The van der Waals surface area contributed by atoms with Crippen LogP contribution in [0, 0.1) is 5.92 Å². The van der Waals surface area contributed by atoms with Gasteiger partial charge in [0.2, 0.25) is 5.91 Å². The molecule has 1 aliphatic carbocycles. The first-order valence-electron chi connectivity index (χ1n) is 13.2. The van der Waals surface area contributed by atoms with E-state index in [-0.39, 0.29) is 31.2 Å². The number of aldehydes is 1. The van der Waals surface area contributed by atoms with Crippen molar-refractivity contribution in [3.8, 4) is 11.5 Å². The van der Waals surface area contributed by atoms with Crippen LogP contribution in [-0.2, 0) is 19.1 Å². The van der Waals surface area contributed by atoms with E-state index in [0.717, 1.165) is 0 Å². The van der Waals surface area contributed by atoms with Gasteiger partial charge in [-0.3, -0.25) is 14.5 Å². The number of esters is 1. The number of hydrogen-bond acceptors (Lipinski definition) is 9. The van der Waals surface area contributed by atoms with Crippen LogP contribution in [0.4, 0.5) is 4.79 Å². The van der Waals surface area contributed by atoms with Gasteiger partial charge in [-0.05, 0) is 46.2 Å². The van der Waals surface area contributed by atoms with Gasteiger partial charge < -0.3 is 24.3 Å². The zero-order chi connectivity index (χ0) is 29.2. The second kappa shape index (κ2) is 11.1. The van der Waals surface area contributed by atoms with E-state index in [4.69, 9.17) is 18.9 Å². The highest BCUT2D eigenvalue weighted by atomic mass is 16.6. The van der Waals surface area contributed by atoms with Crippen LogP contribution in [0.15, 0.2) is 36.9 Å². The molecule has 2 heterocycles. The van der Waals surface area contributed by atoms with Gasteiger partial charge in [0, 0.05) is 29.9 Å². The van der Waals surface area contributed by atoms with Crippen LogP contribution >= 0.6 is 0 Å². The second-order valence-corrected chi connectivity index (χ2v) is 10.9. The molecule has 11 nitrogen and oxygen atoms in total. The lowest BCUT2D eigenvalue weighted by Gasteiger charge is -2.28. The molecular formula is C29H35N3O8. The predicted molar refractivity (Wildman–Crippen MR) is 145 cm³/mol. The second-order valence-electron chi connectivity index (χ2n) is 10.9. The van der Waals surface area contributed by atoms with Gasteiger partial charge in [0.1, 0.15) is 40.5 Å². The van der Waals surface area contributed by atoms with E-state index in [2.05, 4.69) is 16.9 Å². The molecule has 0 radical (unpaired) electrons. The fourth-order valence-electron chi connectivity index (χ4n) is 4.88. The highest BCUT2D eigenvalue weighted by Gasteiger charge is 2.62. The molecule has 0 bridgehead atoms. The molecule has 2 aromatic rings. The summed E-state index contributed by atoms with van der Waals surface area (Å²) < 4.78 is 22.4. The number of likely N-dealkylation sites (tertiary alicyclic amines) is 1. The average Bonchev–Trinajstić information content (AvgIpc) is 3.46. The minimum atomic E-state index is -1.22. The third-order valence-electron chi connectivity index (χ3n) is 6.89. The highest BCUT2D eigenvalue weighted by Crippen LogP contribution is 2.45. The molecule has 1 saturated heterocycles. The largest absolute Gasteiger partial charge is 0.497 e. The van der Waals surface area contributed by atoms with Crippen molar-refractivity contribution >= 4 is 35.2 Å². The number of hydrogen-bond donors (Lipinski definition) is 1. The van der Waals surface area contributed by atoms with E-state index < -0.39 is 41.3 Å². The third kappa shape index (κ3) is 5.88. The minimum Gasteiger partial charge on any atom is -0.497 e. The van der Waals surface area contributed by atoms with E-state index in [9.17, 15) is 19.2 Å². The van der Waals surface area contributed by atoms with Gasteiger partial charge >= 0.3 is 12.1 Å². The maximum Gasteiger partial charge on any atom is 0.411 e. The highest BCUT2D eigenvalue weighted by molar-refractivity contribution is 5.95. The molecule has 11 heteroatoms. The molecule has 1 aliphatic heterocycles. The molecule has 1 saturated carbocycles. The zero-order valence-corrected chi connectivity index (χ0v) is 23.4. The van der Waals surface area contributed by atoms with Crippen LogP contribution in [0.3, 0.4) is 0 Å². The van der Waals surface area contributed by atoms with Crippen molar-refractivity contribution in [3.63, 3.8) is 0 Å². The number of carbonyl (C=O) groups excluding carboxylic acids is 4. The molecule has 214 valence electrons. The summed E-state index contributed by atoms with van der Waals surface area (Å²) in [4.78, 5) is 56.7. The summed E-state index contributed by atoms with van der Waals surface area (Å²) in [7, 11) is 1.53. The van der Waals surface area contributed by atoms with Crippen LogP contribution in [0.1, 0.15) is 51.0 Å². The van der Waals surface area contributed by atoms with E-state index in [1.165, 1.54) is 18.1 Å². The van der Waals surface area contributed by atoms with Crippen molar-refractivity contribution in [3.05, 3.63) is 42.6 Å². The molecule has 40 heavy (non-hydrogen) atoms. The number of pyridine rings is 1. The van der Waals surface area contributed by atoms with Crippen molar-refractivity contribution in [2.75, 3.05) is 20.3 Å². The van der Waals surface area contributed by atoms with Crippen LogP contribution < -0.4 is 14.8 Å². The van der Waals surface area contributed by atoms with Crippen molar-refractivity contribution < 1.29 is 38.1 Å². The fourth-order valence-corrected chi connectivity index (χ4v) is 4.88. The Kier molecular flexibility index (Phi) is 8.04. The molecule has 2 aliphatic rings. The Morgan fingerprint density at radius 3 is 2.60 bits per heavy atom. The average molecular weight is 554 g/mol. The molecule has 4 rings (SSSR count). The number of aromatic nitrogens is 1. The summed E-state index contributed by atoms with van der Waals surface area (Å²) in [6, 6.07) is 5.74. The van der Waals surface area contributed by atoms with E-state index in [1.807, 2.05) is 0 Å². The lowest BCUT2D eigenvalue weighted by molar-refractivity contribution is -0.149. The molecule has 4 atom stereocenters. The number of benzene rings is 1. The molecular weight excluding hydrogens is 518 g/mol. The Balaban J connectivity index is 1.62. The SMILES string of the molecule is C=C[C@H]1C[C@@]1(NC(=O)[C@@H]1C[C@@H](Oc2cc(C=O)nc3cc(OC)ccc23)CN1C(=O)OC(C)(C)C)C(=O)OCC. The Morgan fingerprint density at radius 1 is 1.25 bits per heavy atom. The first-order chi connectivity index (χ1) is 18.9. The van der Waals surface area contributed by atoms with E-state index >= 15 is 0 Å². The van der Waals surface area contributed by atoms with Crippen LogP contribution in [0.25, 0.3) is 10.9 Å². The van der Waals surface area contributed by atoms with Gasteiger partial charge in [-0.2, -0.15) is 0 Å². The van der Waals surface area contributed by atoms with Gasteiger partial charge in [-0.15, -0.1) is 6.58 Å². The third-order valence-corrected chi connectivity index (χ3v) is 6.89. The van der Waals surface area contributed by atoms with Gasteiger partial charge in [0.05, 0.1) is 25.8 Å². The Labute approximate surface area is 232 Å². The molecule has 2 fully saturated rings. The summed E-state index contributed by atoms with van der Waals surface area (Å²) in [5.74, 6) is -0.394. The fraction of sp³-hybridized carbons (Fsp3) is 0.483.